The van der Waals surface area contributed by atoms with Gasteiger partial charge in [-0.3, -0.25) is 15.0 Å². The molecular formula is C70H45N7. The third kappa shape index (κ3) is 6.16. The maximum absolute atomic E-state index is 5.55. The minimum Gasteiger partial charge on any atom is -0.310 e. The van der Waals surface area contributed by atoms with Gasteiger partial charge in [0.1, 0.15) is 0 Å². The van der Waals surface area contributed by atoms with E-state index in [2.05, 4.69) is 254 Å². The van der Waals surface area contributed by atoms with Gasteiger partial charge in [0.2, 0.25) is 0 Å². The van der Waals surface area contributed by atoms with E-state index < -0.39 is 5.41 Å². The Kier molecular flexibility index (Phi) is 9.41. The van der Waals surface area contributed by atoms with Crippen molar-refractivity contribution in [2.45, 2.75) is 5.41 Å². The van der Waals surface area contributed by atoms with Crippen LogP contribution in [0.1, 0.15) is 22.4 Å². The summed E-state index contributed by atoms with van der Waals surface area (Å²) in [6.45, 7) is 0. The van der Waals surface area contributed by atoms with Crippen LogP contribution >= 0.6 is 0 Å². The van der Waals surface area contributed by atoms with Gasteiger partial charge in [0.05, 0.1) is 62.6 Å². The Hall–Kier alpha value is -10.4. The highest BCUT2D eigenvalue weighted by Crippen LogP contribution is 2.66. The molecule has 0 amide bonds. The van der Waals surface area contributed by atoms with Gasteiger partial charge in [-0.1, -0.05) is 121 Å². The normalized spacial score (nSPS) is 14.0. The van der Waals surface area contributed by atoms with Gasteiger partial charge in [-0.15, -0.1) is 0 Å². The van der Waals surface area contributed by atoms with Crippen LogP contribution < -0.4 is 9.80 Å². The van der Waals surface area contributed by atoms with E-state index in [0.717, 1.165) is 89.6 Å². The third-order valence-electron chi connectivity index (χ3n) is 16.0. The molecule has 1 atom stereocenters. The van der Waals surface area contributed by atoms with Crippen LogP contribution in [0, 0.1) is 0 Å². The van der Waals surface area contributed by atoms with Gasteiger partial charge >= 0.3 is 0 Å². The number of benzene rings is 9. The fraction of sp³-hybridized carbons (Fsp3) is 0.0143. The van der Waals surface area contributed by atoms with Gasteiger partial charge in [0, 0.05) is 74.1 Å². The Balaban J connectivity index is 1.15. The summed E-state index contributed by atoms with van der Waals surface area (Å²) in [4.78, 5) is 19.9. The van der Waals surface area contributed by atoms with Crippen molar-refractivity contribution in [3.8, 4) is 33.6 Å². The van der Waals surface area contributed by atoms with E-state index in [0.29, 0.717) is 0 Å². The van der Waals surface area contributed by atoms with Crippen LogP contribution in [0.5, 0.6) is 0 Å². The number of nitrogens with zero attached hydrogens (tertiary/aromatic N) is 7. The Labute approximate surface area is 444 Å². The lowest BCUT2D eigenvalue weighted by molar-refractivity contribution is 0.761. The summed E-state index contributed by atoms with van der Waals surface area (Å²) in [5.41, 5.74) is 21.1. The Morgan fingerprint density at radius 3 is 1.58 bits per heavy atom. The number of hydrogen-bond acceptors (Lipinski definition) is 5. The average molecular weight is 984 g/mol. The molecule has 1 unspecified atom stereocenters. The summed E-state index contributed by atoms with van der Waals surface area (Å²) in [5, 5.41) is 4.61. The molecule has 360 valence electrons. The number of fused-ring (bicyclic) bond motifs is 17. The van der Waals surface area contributed by atoms with Crippen LogP contribution in [0.4, 0.5) is 34.1 Å². The number of hydrogen-bond donors (Lipinski definition) is 0. The third-order valence-corrected chi connectivity index (χ3v) is 16.0. The number of rotatable bonds is 8. The second kappa shape index (κ2) is 16.8. The van der Waals surface area contributed by atoms with Crippen molar-refractivity contribution < 1.29 is 0 Å². The van der Waals surface area contributed by atoms with Gasteiger partial charge in [-0.2, -0.15) is 0 Å². The SMILES string of the molecule is c1ccc(N(c2ccccc2)c2ccc3c(c2)c2c4c(cc(N(c5ccccc5)c5ccccc5)c2n3-c2cccnc2)C2(c3ccccc3-c3cccnc32)c2cc3c(cc2-4)c2ccccc2n3-c2cccnc2)cc1. The summed E-state index contributed by atoms with van der Waals surface area (Å²) in [7, 11) is 0. The van der Waals surface area contributed by atoms with Gasteiger partial charge in [-0.25, -0.2) is 0 Å². The number of aromatic nitrogens is 5. The van der Waals surface area contributed by atoms with Crippen molar-refractivity contribution in [2.24, 2.45) is 0 Å². The summed E-state index contributed by atoms with van der Waals surface area (Å²) in [6.07, 6.45) is 9.67. The van der Waals surface area contributed by atoms with Crippen LogP contribution in [0.2, 0.25) is 0 Å². The largest absolute Gasteiger partial charge is 0.310 e. The van der Waals surface area contributed by atoms with Crippen molar-refractivity contribution in [1.29, 1.82) is 0 Å². The zero-order valence-electron chi connectivity index (χ0n) is 41.6. The molecular weight excluding hydrogens is 939 g/mol. The van der Waals surface area contributed by atoms with Crippen molar-refractivity contribution in [1.82, 2.24) is 24.1 Å². The second-order valence-electron chi connectivity index (χ2n) is 20.0. The lowest BCUT2D eigenvalue weighted by atomic mass is 9.72. The molecule has 2 aliphatic carbocycles. The highest BCUT2D eigenvalue weighted by atomic mass is 15.2. The fourth-order valence-electron chi connectivity index (χ4n) is 13.1. The molecule has 7 heteroatoms. The molecule has 0 saturated heterocycles. The summed E-state index contributed by atoms with van der Waals surface area (Å²) >= 11 is 0. The predicted octanol–water partition coefficient (Wildman–Crippen LogP) is 17.3. The van der Waals surface area contributed by atoms with Crippen LogP contribution in [-0.2, 0) is 5.41 Å². The molecule has 2 aliphatic rings. The van der Waals surface area contributed by atoms with Gasteiger partial charge in [-0.05, 0) is 155 Å². The van der Waals surface area contributed by atoms with Crippen molar-refractivity contribution in [2.75, 3.05) is 9.80 Å². The van der Waals surface area contributed by atoms with Crippen LogP contribution in [0.15, 0.2) is 274 Å². The summed E-state index contributed by atoms with van der Waals surface area (Å²) < 4.78 is 4.85. The molecule has 0 N–H and O–H groups in total. The Morgan fingerprint density at radius 2 is 0.922 bits per heavy atom. The topological polar surface area (TPSA) is 55.0 Å². The number of pyridine rings is 3. The minimum atomic E-state index is -0.843. The van der Waals surface area contributed by atoms with Crippen molar-refractivity contribution >= 4 is 77.7 Å². The summed E-state index contributed by atoms with van der Waals surface area (Å²) in [5.74, 6) is 0. The molecule has 9 aromatic carbocycles. The van der Waals surface area contributed by atoms with Crippen molar-refractivity contribution in [3.63, 3.8) is 0 Å². The van der Waals surface area contributed by atoms with Crippen LogP contribution in [-0.4, -0.2) is 24.1 Å². The second-order valence-corrected chi connectivity index (χ2v) is 20.0. The van der Waals surface area contributed by atoms with Crippen LogP contribution in [0.3, 0.4) is 0 Å². The molecule has 0 radical (unpaired) electrons. The first kappa shape index (κ1) is 43.1. The average Bonchev–Trinajstić information content (AvgIpc) is 4.36. The lowest BCUT2D eigenvalue weighted by Gasteiger charge is -2.32. The summed E-state index contributed by atoms with van der Waals surface area (Å²) in [6, 6.07) is 88.2. The minimum absolute atomic E-state index is 0.843. The zero-order valence-corrected chi connectivity index (χ0v) is 41.6. The molecule has 16 rings (SSSR count). The van der Waals surface area contributed by atoms with E-state index in [1.54, 1.807) is 0 Å². The van der Waals surface area contributed by atoms with E-state index in [1.807, 2.05) is 43.1 Å². The highest BCUT2D eigenvalue weighted by molar-refractivity contribution is 6.25. The van der Waals surface area contributed by atoms with Gasteiger partial charge in [0.25, 0.3) is 0 Å². The van der Waals surface area contributed by atoms with Gasteiger partial charge < -0.3 is 18.9 Å². The number of para-hydroxylation sites is 5. The highest BCUT2D eigenvalue weighted by Gasteiger charge is 2.54. The molecule has 1 spiro atoms. The lowest BCUT2D eigenvalue weighted by Crippen LogP contribution is -2.27. The smallest absolute Gasteiger partial charge is 0.0899 e. The maximum Gasteiger partial charge on any atom is 0.0899 e. The maximum atomic E-state index is 5.55. The van der Waals surface area contributed by atoms with Crippen molar-refractivity contribution in [3.05, 3.63) is 296 Å². The number of anilines is 6. The molecule has 0 bridgehead atoms. The zero-order chi connectivity index (χ0) is 50.6. The van der Waals surface area contributed by atoms with E-state index in [-0.39, 0.29) is 0 Å². The molecule has 0 saturated carbocycles. The molecule has 7 nitrogen and oxygen atoms in total. The van der Waals surface area contributed by atoms with E-state index >= 15 is 0 Å². The van der Waals surface area contributed by atoms with E-state index in [1.165, 1.54) is 44.2 Å². The van der Waals surface area contributed by atoms with E-state index in [4.69, 9.17) is 9.97 Å². The first-order chi connectivity index (χ1) is 38.3. The molecule has 77 heavy (non-hydrogen) atoms. The Bertz CT molecular complexity index is 4490. The van der Waals surface area contributed by atoms with Crippen LogP contribution in [0.25, 0.3) is 77.2 Å². The molecule has 5 aromatic heterocycles. The quantitative estimate of drug-likeness (QED) is 0.152. The molecule has 14 aromatic rings. The Morgan fingerprint density at radius 1 is 0.351 bits per heavy atom. The van der Waals surface area contributed by atoms with Gasteiger partial charge in [0.15, 0.2) is 0 Å². The fourth-order valence-corrected chi connectivity index (χ4v) is 13.1. The first-order valence-electron chi connectivity index (χ1n) is 26.2. The standard InChI is InChI=1S/C70H45N7/c1-5-20-46(21-6-1)74(47-22-7-2-8-23-47)50-35-36-63-58(40-50)67-66-57-41-56-54-31-14-16-34-62(54)76(51-28-17-37-71-44-51)64(56)42-60(57)70(59-33-15-13-30-53(59)55-32-19-39-73-69(55)70)61(66)43-65(68(67)77(63)52-29-18-38-72-45-52)75(48-24-9-3-10-25-48)49-26-11-4-12-27-49/h1-45H. The monoisotopic (exact) mass is 983 g/mol. The molecule has 0 fully saturated rings. The molecule has 0 aliphatic heterocycles. The predicted molar refractivity (Wildman–Crippen MR) is 314 cm³/mol. The first-order valence-corrected chi connectivity index (χ1v) is 26.2. The molecule has 5 heterocycles. The van der Waals surface area contributed by atoms with E-state index in [9.17, 15) is 0 Å².